The summed E-state index contributed by atoms with van der Waals surface area (Å²) >= 11 is 4.57. The second kappa shape index (κ2) is 5.28. The van der Waals surface area contributed by atoms with Crippen molar-refractivity contribution in [1.29, 1.82) is 0 Å². The second-order valence-electron chi connectivity index (χ2n) is 4.08. The van der Waals surface area contributed by atoms with Crippen LogP contribution in [0.3, 0.4) is 0 Å². The van der Waals surface area contributed by atoms with Gasteiger partial charge in [-0.2, -0.15) is 0 Å². The van der Waals surface area contributed by atoms with Gasteiger partial charge in [0.1, 0.15) is 5.75 Å². The van der Waals surface area contributed by atoms with Crippen LogP contribution in [0.2, 0.25) is 0 Å². The van der Waals surface area contributed by atoms with Crippen molar-refractivity contribution >= 4 is 12.6 Å². The molecule has 0 aliphatic rings. The van der Waals surface area contributed by atoms with Crippen LogP contribution >= 0.6 is 12.6 Å². The van der Waals surface area contributed by atoms with Crippen molar-refractivity contribution in [2.24, 2.45) is 0 Å². The second-order valence-corrected chi connectivity index (χ2v) is 4.53. The Morgan fingerprint density at radius 3 is 2.41 bits per heavy atom. The third-order valence-corrected chi connectivity index (χ3v) is 3.33. The molecule has 0 fully saturated rings. The van der Waals surface area contributed by atoms with Crippen LogP contribution < -0.4 is 0 Å². The predicted molar refractivity (Wildman–Crippen MR) is 74.8 cm³/mol. The summed E-state index contributed by atoms with van der Waals surface area (Å²) in [6, 6.07) is 13.6. The molecule has 2 heteroatoms. The number of phenolic OH excluding ortho intramolecular Hbond substituents is 1. The third-order valence-electron chi connectivity index (χ3n) is 2.82. The van der Waals surface area contributed by atoms with Crippen LogP contribution in [0.25, 0.3) is 11.1 Å². The number of aryl methyl sites for hydroxylation is 1. The lowest BCUT2D eigenvalue weighted by Gasteiger charge is -2.12. The minimum Gasteiger partial charge on any atom is -0.507 e. The summed E-state index contributed by atoms with van der Waals surface area (Å²) in [6.07, 6.45) is 2.06. The fourth-order valence-electron chi connectivity index (χ4n) is 1.98. The molecule has 2 rings (SSSR count). The summed E-state index contributed by atoms with van der Waals surface area (Å²) in [5.41, 5.74) is 3.03. The van der Waals surface area contributed by atoms with E-state index < -0.39 is 0 Å². The number of aromatic hydroxyl groups is 1. The summed E-state index contributed by atoms with van der Waals surface area (Å²) in [5, 5.41) is 9.99. The smallest absolute Gasteiger partial charge is 0.124 e. The van der Waals surface area contributed by atoms with E-state index in [1.807, 2.05) is 36.4 Å². The molecule has 1 N–H and O–H groups in total. The largest absolute Gasteiger partial charge is 0.507 e. The van der Waals surface area contributed by atoms with Crippen LogP contribution in [-0.2, 0) is 6.42 Å². The van der Waals surface area contributed by atoms with Crippen LogP contribution in [0.1, 0.15) is 18.9 Å². The Balaban J connectivity index is 2.56. The molecule has 88 valence electrons. The van der Waals surface area contributed by atoms with Gasteiger partial charge in [-0.3, -0.25) is 0 Å². The average molecular weight is 244 g/mol. The van der Waals surface area contributed by atoms with E-state index in [0.717, 1.165) is 28.9 Å². The van der Waals surface area contributed by atoms with Gasteiger partial charge >= 0.3 is 0 Å². The van der Waals surface area contributed by atoms with Gasteiger partial charge in [0.2, 0.25) is 0 Å². The first-order chi connectivity index (χ1) is 8.24. The maximum absolute atomic E-state index is 9.99. The van der Waals surface area contributed by atoms with Crippen LogP contribution in [0.15, 0.2) is 47.4 Å². The highest BCUT2D eigenvalue weighted by Crippen LogP contribution is 2.37. The Morgan fingerprint density at radius 1 is 1.06 bits per heavy atom. The minimum atomic E-state index is 0.293. The van der Waals surface area contributed by atoms with Gasteiger partial charge in [-0.15, -0.1) is 12.6 Å². The molecular formula is C15H16OS. The maximum Gasteiger partial charge on any atom is 0.124 e. The fraction of sp³-hybridized carbons (Fsp3) is 0.200. The highest BCUT2D eigenvalue weighted by molar-refractivity contribution is 7.80. The molecule has 0 saturated heterocycles. The molecule has 0 unspecified atom stereocenters. The van der Waals surface area contributed by atoms with Gasteiger partial charge in [0.15, 0.2) is 0 Å². The Hall–Kier alpha value is -1.41. The van der Waals surface area contributed by atoms with Crippen molar-refractivity contribution in [2.45, 2.75) is 24.7 Å². The first-order valence-corrected chi connectivity index (χ1v) is 6.28. The number of thiol groups is 1. The number of benzene rings is 2. The Kier molecular flexibility index (Phi) is 3.75. The summed E-state index contributed by atoms with van der Waals surface area (Å²) in [7, 11) is 0. The lowest BCUT2D eigenvalue weighted by molar-refractivity contribution is 0.475. The normalized spacial score (nSPS) is 10.5. The quantitative estimate of drug-likeness (QED) is 0.771. The Bertz CT molecular complexity index is 506. The van der Waals surface area contributed by atoms with E-state index in [2.05, 4.69) is 19.6 Å². The van der Waals surface area contributed by atoms with Gasteiger partial charge in [-0.1, -0.05) is 49.7 Å². The molecular weight excluding hydrogens is 228 g/mol. The van der Waals surface area contributed by atoms with Crippen LogP contribution in [0, 0.1) is 0 Å². The van der Waals surface area contributed by atoms with E-state index in [9.17, 15) is 5.11 Å². The third kappa shape index (κ3) is 2.47. The van der Waals surface area contributed by atoms with Crippen molar-refractivity contribution < 1.29 is 5.11 Å². The average Bonchev–Trinajstić information content (AvgIpc) is 2.35. The summed E-state index contributed by atoms with van der Waals surface area (Å²) in [5.74, 6) is 0.293. The zero-order valence-electron chi connectivity index (χ0n) is 9.85. The topological polar surface area (TPSA) is 20.2 Å². The summed E-state index contributed by atoms with van der Waals surface area (Å²) in [4.78, 5) is 0.887. The number of hydrogen-bond donors (Lipinski definition) is 2. The first-order valence-electron chi connectivity index (χ1n) is 5.83. The van der Waals surface area contributed by atoms with E-state index >= 15 is 0 Å². The molecule has 0 aliphatic heterocycles. The zero-order chi connectivity index (χ0) is 12.3. The molecule has 0 spiro atoms. The Labute approximate surface area is 108 Å². The predicted octanol–water partition coefficient (Wildman–Crippen LogP) is 4.30. The molecule has 0 bridgehead atoms. The lowest BCUT2D eigenvalue weighted by Crippen LogP contribution is -1.90. The molecule has 0 aliphatic carbocycles. The molecule has 2 aromatic carbocycles. The monoisotopic (exact) mass is 244 g/mol. The van der Waals surface area contributed by atoms with Gasteiger partial charge in [-0.05, 0) is 23.6 Å². The fourth-order valence-corrected chi connectivity index (χ4v) is 2.41. The molecule has 0 saturated carbocycles. The molecule has 0 radical (unpaired) electrons. The van der Waals surface area contributed by atoms with Crippen LogP contribution in [0.4, 0.5) is 0 Å². The standard InChI is InChI=1S/C15H16OS/c1-2-6-12-9-10-13(16)14(15(12)17)11-7-4-3-5-8-11/h3-5,7-10,16-17H,2,6H2,1H3. The van der Waals surface area contributed by atoms with Crippen molar-refractivity contribution in [3.8, 4) is 16.9 Å². The highest BCUT2D eigenvalue weighted by Gasteiger charge is 2.11. The van der Waals surface area contributed by atoms with Gasteiger partial charge in [-0.25, -0.2) is 0 Å². The Morgan fingerprint density at radius 2 is 1.76 bits per heavy atom. The molecule has 2 aromatic rings. The zero-order valence-corrected chi connectivity index (χ0v) is 10.7. The van der Waals surface area contributed by atoms with Gasteiger partial charge in [0.05, 0.1) is 0 Å². The van der Waals surface area contributed by atoms with E-state index in [1.165, 1.54) is 5.56 Å². The van der Waals surface area contributed by atoms with E-state index in [-0.39, 0.29) is 0 Å². The van der Waals surface area contributed by atoms with E-state index in [1.54, 1.807) is 6.07 Å². The SMILES string of the molecule is CCCc1ccc(O)c(-c2ccccc2)c1S. The van der Waals surface area contributed by atoms with Gasteiger partial charge in [0, 0.05) is 10.5 Å². The minimum absolute atomic E-state index is 0.293. The van der Waals surface area contributed by atoms with E-state index in [0.29, 0.717) is 5.75 Å². The highest BCUT2D eigenvalue weighted by atomic mass is 32.1. The molecule has 0 atom stereocenters. The maximum atomic E-state index is 9.99. The lowest BCUT2D eigenvalue weighted by atomic mass is 10.00. The van der Waals surface area contributed by atoms with Crippen LogP contribution in [-0.4, -0.2) is 5.11 Å². The van der Waals surface area contributed by atoms with E-state index in [4.69, 9.17) is 0 Å². The van der Waals surface area contributed by atoms with Crippen LogP contribution in [0.5, 0.6) is 5.75 Å². The summed E-state index contributed by atoms with van der Waals surface area (Å²) < 4.78 is 0. The number of hydrogen-bond acceptors (Lipinski definition) is 2. The summed E-state index contributed by atoms with van der Waals surface area (Å²) in [6.45, 7) is 2.14. The van der Waals surface area contributed by atoms with Gasteiger partial charge in [0.25, 0.3) is 0 Å². The number of phenols is 1. The first kappa shape index (κ1) is 12.1. The molecule has 0 heterocycles. The molecule has 0 aromatic heterocycles. The molecule has 0 amide bonds. The van der Waals surface area contributed by atoms with Crippen molar-refractivity contribution in [1.82, 2.24) is 0 Å². The molecule has 17 heavy (non-hydrogen) atoms. The van der Waals surface area contributed by atoms with Crippen molar-refractivity contribution in [3.05, 3.63) is 48.0 Å². The van der Waals surface area contributed by atoms with Crippen molar-refractivity contribution in [3.63, 3.8) is 0 Å². The number of rotatable bonds is 3. The van der Waals surface area contributed by atoms with Crippen molar-refractivity contribution in [2.75, 3.05) is 0 Å². The van der Waals surface area contributed by atoms with Gasteiger partial charge < -0.3 is 5.11 Å². The molecule has 1 nitrogen and oxygen atoms in total.